The van der Waals surface area contributed by atoms with Gasteiger partial charge in [-0.2, -0.15) is 0 Å². The second-order valence-corrected chi connectivity index (χ2v) is 8.70. The molecule has 0 unspecified atom stereocenters. The van der Waals surface area contributed by atoms with Crippen molar-refractivity contribution in [3.8, 4) is 0 Å². The Bertz CT molecular complexity index is 1630. The van der Waals surface area contributed by atoms with Crippen molar-refractivity contribution in [2.75, 3.05) is 10.6 Å². The SMILES string of the molecule is O=C(Nc1ccc2c(c1)C(=O)c1ccc(NC(=O)c3ccc([N+](=O)[O-])cc3)cc1C2=O)c1ccc([N+](=O)[O-])cc1. The second kappa shape index (κ2) is 10.0. The van der Waals surface area contributed by atoms with Crippen molar-refractivity contribution in [3.63, 3.8) is 0 Å². The summed E-state index contributed by atoms with van der Waals surface area (Å²) in [7, 11) is 0. The van der Waals surface area contributed by atoms with Gasteiger partial charge in [0.2, 0.25) is 0 Å². The Morgan fingerprint density at radius 3 is 1.20 bits per heavy atom. The van der Waals surface area contributed by atoms with Crippen molar-refractivity contribution in [1.82, 2.24) is 0 Å². The molecule has 12 heteroatoms. The molecule has 2 amide bonds. The average molecular weight is 536 g/mol. The van der Waals surface area contributed by atoms with E-state index in [1.54, 1.807) is 0 Å². The molecular weight excluding hydrogens is 520 g/mol. The lowest BCUT2D eigenvalue weighted by Gasteiger charge is -2.19. The number of benzene rings is 4. The van der Waals surface area contributed by atoms with Gasteiger partial charge in [0.05, 0.1) is 9.85 Å². The first-order valence-corrected chi connectivity index (χ1v) is 11.6. The lowest BCUT2D eigenvalue weighted by molar-refractivity contribution is -0.385. The highest BCUT2D eigenvalue weighted by Crippen LogP contribution is 2.31. The summed E-state index contributed by atoms with van der Waals surface area (Å²) >= 11 is 0. The molecule has 4 aromatic carbocycles. The highest BCUT2D eigenvalue weighted by molar-refractivity contribution is 6.29. The third-order valence-corrected chi connectivity index (χ3v) is 6.21. The molecule has 196 valence electrons. The quantitative estimate of drug-likeness (QED) is 0.230. The number of fused-ring (bicyclic) bond motifs is 2. The molecule has 0 saturated carbocycles. The number of rotatable bonds is 6. The van der Waals surface area contributed by atoms with Crippen molar-refractivity contribution >= 4 is 46.1 Å². The van der Waals surface area contributed by atoms with Crippen LogP contribution in [0.2, 0.25) is 0 Å². The van der Waals surface area contributed by atoms with Gasteiger partial charge in [0, 0.05) is 69.0 Å². The van der Waals surface area contributed by atoms with E-state index in [0.29, 0.717) is 0 Å². The smallest absolute Gasteiger partial charge is 0.269 e. The summed E-state index contributed by atoms with van der Waals surface area (Å²) in [6.45, 7) is 0. The molecule has 40 heavy (non-hydrogen) atoms. The van der Waals surface area contributed by atoms with Crippen molar-refractivity contribution in [1.29, 1.82) is 0 Å². The maximum Gasteiger partial charge on any atom is 0.269 e. The predicted octanol–water partition coefficient (Wildman–Crippen LogP) is 4.78. The lowest BCUT2D eigenvalue weighted by Crippen LogP contribution is -2.22. The van der Waals surface area contributed by atoms with Gasteiger partial charge in [-0.15, -0.1) is 0 Å². The third-order valence-electron chi connectivity index (χ3n) is 6.21. The van der Waals surface area contributed by atoms with Gasteiger partial charge in [0.15, 0.2) is 11.6 Å². The van der Waals surface area contributed by atoms with E-state index in [-0.39, 0.29) is 56.1 Å². The molecule has 0 radical (unpaired) electrons. The Kier molecular flexibility index (Phi) is 6.41. The number of non-ortho nitro benzene ring substituents is 2. The molecule has 0 aromatic heterocycles. The van der Waals surface area contributed by atoms with Crippen LogP contribution in [0.3, 0.4) is 0 Å². The molecular formula is C28H16N4O8. The van der Waals surface area contributed by atoms with Crippen LogP contribution in [-0.2, 0) is 0 Å². The molecule has 5 rings (SSSR count). The van der Waals surface area contributed by atoms with Crippen LogP contribution < -0.4 is 10.6 Å². The summed E-state index contributed by atoms with van der Waals surface area (Å²) < 4.78 is 0. The van der Waals surface area contributed by atoms with E-state index >= 15 is 0 Å². The molecule has 0 bridgehead atoms. The monoisotopic (exact) mass is 536 g/mol. The highest BCUT2D eigenvalue weighted by atomic mass is 16.6. The first-order valence-electron chi connectivity index (χ1n) is 11.6. The zero-order chi connectivity index (χ0) is 28.6. The van der Waals surface area contributed by atoms with E-state index in [0.717, 1.165) is 0 Å². The Morgan fingerprint density at radius 1 is 0.525 bits per heavy atom. The van der Waals surface area contributed by atoms with Gasteiger partial charge in [-0.25, -0.2) is 0 Å². The summed E-state index contributed by atoms with van der Waals surface area (Å²) in [5.74, 6) is -2.02. The van der Waals surface area contributed by atoms with E-state index < -0.39 is 33.2 Å². The number of ketones is 2. The number of anilines is 2. The highest BCUT2D eigenvalue weighted by Gasteiger charge is 2.30. The molecule has 0 spiro atoms. The minimum absolute atomic E-state index is 0.0849. The number of nitro groups is 2. The first kappa shape index (κ1) is 25.6. The minimum Gasteiger partial charge on any atom is -0.322 e. The number of nitrogens with one attached hydrogen (secondary N) is 2. The van der Waals surface area contributed by atoms with E-state index in [4.69, 9.17) is 0 Å². The van der Waals surface area contributed by atoms with Crippen molar-refractivity contribution < 1.29 is 29.0 Å². The average Bonchev–Trinajstić information content (AvgIpc) is 2.96. The molecule has 0 heterocycles. The molecule has 12 nitrogen and oxygen atoms in total. The van der Waals surface area contributed by atoms with Gasteiger partial charge in [-0.3, -0.25) is 39.4 Å². The van der Waals surface area contributed by atoms with Crippen LogP contribution in [0.15, 0.2) is 84.9 Å². The third kappa shape index (κ3) is 4.79. The second-order valence-electron chi connectivity index (χ2n) is 8.70. The molecule has 2 N–H and O–H groups in total. The number of carbonyl (C=O) groups is 4. The fourth-order valence-electron chi connectivity index (χ4n) is 4.18. The van der Waals surface area contributed by atoms with Crippen molar-refractivity contribution in [2.45, 2.75) is 0 Å². The number of amides is 2. The molecule has 0 fully saturated rings. The van der Waals surface area contributed by atoms with Gasteiger partial charge in [0.25, 0.3) is 23.2 Å². The summed E-state index contributed by atoms with van der Waals surface area (Å²) in [6.07, 6.45) is 0. The lowest BCUT2D eigenvalue weighted by atomic mass is 9.83. The maximum atomic E-state index is 13.2. The first-order chi connectivity index (χ1) is 19.1. The van der Waals surface area contributed by atoms with Crippen LogP contribution in [0.1, 0.15) is 52.6 Å². The number of hydrogen-bond donors (Lipinski definition) is 2. The Hall–Kier alpha value is -6.04. The van der Waals surface area contributed by atoms with E-state index in [2.05, 4.69) is 10.6 Å². The van der Waals surface area contributed by atoms with Crippen LogP contribution >= 0.6 is 0 Å². The molecule has 1 aliphatic carbocycles. The van der Waals surface area contributed by atoms with Gasteiger partial charge < -0.3 is 10.6 Å². The molecule has 1 aliphatic rings. The predicted molar refractivity (Wildman–Crippen MR) is 142 cm³/mol. The van der Waals surface area contributed by atoms with E-state index in [9.17, 15) is 39.4 Å². The molecule has 4 aromatic rings. The number of hydrogen-bond acceptors (Lipinski definition) is 8. The van der Waals surface area contributed by atoms with Crippen LogP contribution in [0.4, 0.5) is 22.7 Å². The number of carbonyl (C=O) groups excluding carboxylic acids is 4. The zero-order valence-electron chi connectivity index (χ0n) is 20.2. The summed E-state index contributed by atoms with van der Waals surface area (Å²) in [5, 5.41) is 26.9. The van der Waals surface area contributed by atoms with Gasteiger partial charge in [-0.1, -0.05) is 0 Å². The summed E-state index contributed by atoms with van der Waals surface area (Å²) in [5.41, 5.74) is 0.901. The minimum atomic E-state index is -0.582. The number of nitrogens with zero attached hydrogens (tertiary/aromatic N) is 2. The Balaban J connectivity index is 1.35. The summed E-state index contributed by atoms with van der Waals surface area (Å²) in [6, 6.07) is 18.5. The number of nitro benzene ring substituents is 2. The fourth-order valence-corrected chi connectivity index (χ4v) is 4.18. The Labute approximate surface area is 224 Å². The van der Waals surface area contributed by atoms with E-state index in [1.165, 1.54) is 84.9 Å². The molecule has 0 aliphatic heterocycles. The van der Waals surface area contributed by atoms with Gasteiger partial charge in [-0.05, 0) is 60.7 Å². The van der Waals surface area contributed by atoms with E-state index in [1.807, 2.05) is 0 Å². The van der Waals surface area contributed by atoms with Crippen LogP contribution in [-0.4, -0.2) is 33.2 Å². The van der Waals surface area contributed by atoms with Crippen LogP contribution in [0.5, 0.6) is 0 Å². The van der Waals surface area contributed by atoms with Crippen molar-refractivity contribution in [2.24, 2.45) is 0 Å². The normalized spacial score (nSPS) is 11.7. The zero-order valence-corrected chi connectivity index (χ0v) is 20.2. The topological polar surface area (TPSA) is 179 Å². The largest absolute Gasteiger partial charge is 0.322 e. The molecule has 0 atom stereocenters. The van der Waals surface area contributed by atoms with Gasteiger partial charge in [0.1, 0.15) is 0 Å². The van der Waals surface area contributed by atoms with Gasteiger partial charge >= 0.3 is 0 Å². The van der Waals surface area contributed by atoms with Crippen LogP contribution in [0.25, 0.3) is 0 Å². The standard InChI is InChI=1S/C28H16N4O8/c33-25-22-12-6-18(30-28(36)16-3-9-20(10-4-16)32(39)40)14-24(22)26(34)21-11-5-17(13-23(21)25)29-27(35)15-1-7-19(8-2-15)31(37)38/h1-14H,(H,29,35)(H,30,36). The fraction of sp³-hybridized carbons (Fsp3) is 0. The Morgan fingerprint density at radius 2 is 0.875 bits per heavy atom. The molecule has 0 saturated heterocycles. The van der Waals surface area contributed by atoms with Crippen molar-refractivity contribution in [3.05, 3.63) is 139 Å². The van der Waals surface area contributed by atoms with Crippen LogP contribution in [0, 0.1) is 20.2 Å². The summed E-state index contributed by atoms with van der Waals surface area (Å²) in [4.78, 5) is 72.1. The maximum absolute atomic E-state index is 13.2.